The molecule has 1 heterocycles. The Morgan fingerprint density at radius 3 is 2.92 bits per heavy atom. The quantitative estimate of drug-likeness (QED) is 0.866. The van der Waals surface area contributed by atoms with E-state index >= 15 is 0 Å². The molecule has 0 amide bonds. The smallest absolute Gasteiger partial charge is 0.307 e. The van der Waals surface area contributed by atoms with E-state index in [0.29, 0.717) is 30.8 Å². The first-order valence-corrected chi connectivity index (χ1v) is 8.18. The van der Waals surface area contributed by atoms with Crippen LogP contribution in [0.3, 0.4) is 0 Å². The minimum Gasteiger partial charge on any atom is -0.489 e. The van der Waals surface area contributed by atoms with Gasteiger partial charge in [0.15, 0.2) is 5.75 Å². The SMILES string of the molecule is CCc1nc(C)ncc1OC[C@@]1(C2C=CC(F)=CC2)C[C@H]1C(=O)O. The zero-order chi connectivity index (χ0) is 17.3. The fraction of sp³-hybridized carbons (Fsp3) is 0.500. The predicted molar refractivity (Wildman–Crippen MR) is 86.3 cm³/mol. The number of aryl methyl sites for hydroxylation is 2. The van der Waals surface area contributed by atoms with E-state index in [0.717, 1.165) is 5.69 Å². The third-order valence-electron chi connectivity index (χ3n) is 4.99. The van der Waals surface area contributed by atoms with Crippen LogP contribution in [0.15, 0.2) is 30.3 Å². The molecule has 1 N–H and O–H groups in total. The van der Waals surface area contributed by atoms with Crippen molar-refractivity contribution in [2.75, 3.05) is 6.61 Å². The Balaban J connectivity index is 1.77. The van der Waals surface area contributed by atoms with Gasteiger partial charge in [0.25, 0.3) is 0 Å². The first-order chi connectivity index (χ1) is 11.5. The highest BCUT2D eigenvalue weighted by Crippen LogP contribution is 2.60. The van der Waals surface area contributed by atoms with Crippen LogP contribution >= 0.6 is 0 Å². The molecular formula is C18H21FN2O3. The maximum absolute atomic E-state index is 13.2. The van der Waals surface area contributed by atoms with Gasteiger partial charge < -0.3 is 9.84 Å². The molecule has 128 valence electrons. The van der Waals surface area contributed by atoms with Crippen molar-refractivity contribution >= 4 is 5.97 Å². The van der Waals surface area contributed by atoms with E-state index in [1.807, 2.05) is 13.8 Å². The summed E-state index contributed by atoms with van der Waals surface area (Å²) in [6, 6.07) is 0. The van der Waals surface area contributed by atoms with Crippen LogP contribution in [0, 0.1) is 24.2 Å². The largest absolute Gasteiger partial charge is 0.489 e. The normalized spacial score (nSPS) is 28.4. The first kappa shape index (κ1) is 16.6. The van der Waals surface area contributed by atoms with E-state index in [1.165, 1.54) is 12.2 Å². The molecule has 1 aromatic rings. The molecule has 0 radical (unpaired) electrons. The van der Waals surface area contributed by atoms with Crippen LogP contribution in [-0.4, -0.2) is 27.7 Å². The molecule has 0 aromatic carbocycles. The minimum absolute atomic E-state index is 0.0328. The second-order valence-corrected chi connectivity index (χ2v) is 6.49. The molecule has 6 heteroatoms. The number of carboxylic acid groups (broad SMARTS) is 1. The van der Waals surface area contributed by atoms with Crippen molar-refractivity contribution in [3.05, 3.63) is 41.8 Å². The summed E-state index contributed by atoms with van der Waals surface area (Å²) in [5.74, 6) is -0.305. The molecule has 0 saturated heterocycles. The van der Waals surface area contributed by atoms with Crippen LogP contribution < -0.4 is 4.74 Å². The lowest BCUT2D eigenvalue weighted by molar-refractivity contribution is -0.140. The lowest BCUT2D eigenvalue weighted by Gasteiger charge is -2.26. The number of nitrogens with zero attached hydrogens (tertiary/aromatic N) is 2. The number of ether oxygens (including phenoxy) is 1. The second-order valence-electron chi connectivity index (χ2n) is 6.49. The van der Waals surface area contributed by atoms with Crippen molar-refractivity contribution in [1.29, 1.82) is 0 Å². The summed E-state index contributed by atoms with van der Waals surface area (Å²) in [5, 5.41) is 9.41. The Kier molecular flexibility index (Phi) is 4.39. The molecule has 24 heavy (non-hydrogen) atoms. The van der Waals surface area contributed by atoms with Crippen LogP contribution in [-0.2, 0) is 11.2 Å². The highest BCUT2D eigenvalue weighted by atomic mass is 19.1. The molecule has 1 unspecified atom stereocenters. The molecule has 2 aliphatic rings. The number of hydrogen-bond acceptors (Lipinski definition) is 4. The van der Waals surface area contributed by atoms with Gasteiger partial charge in [0.1, 0.15) is 11.7 Å². The highest BCUT2D eigenvalue weighted by molar-refractivity contribution is 5.75. The van der Waals surface area contributed by atoms with Gasteiger partial charge in [0.05, 0.1) is 24.4 Å². The van der Waals surface area contributed by atoms with E-state index in [9.17, 15) is 14.3 Å². The van der Waals surface area contributed by atoms with Gasteiger partial charge in [0, 0.05) is 5.41 Å². The van der Waals surface area contributed by atoms with Gasteiger partial charge in [-0.15, -0.1) is 0 Å². The van der Waals surface area contributed by atoms with E-state index in [1.54, 1.807) is 12.3 Å². The average molecular weight is 332 g/mol. The van der Waals surface area contributed by atoms with Crippen molar-refractivity contribution in [1.82, 2.24) is 9.97 Å². The Labute approximate surface area is 140 Å². The average Bonchev–Trinajstić information content (AvgIpc) is 3.30. The van der Waals surface area contributed by atoms with E-state index in [-0.39, 0.29) is 18.4 Å². The summed E-state index contributed by atoms with van der Waals surface area (Å²) >= 11 is 0. The van der Waals surface area contributed by atoms with E-state index in [2.05, 4.69) is 9.97 Å². The molecule has 2 aliphatic carbocycles. The van der Waals surface area contributed by atoms with Crippen molar-refractivity contribution in [3.63, 3.8) is 0 Å². The number of aromatic nitrogens is 2. The summed E-state index contributed by atoms with van der Waals surface area (Å²) in [4.78, 5) is 20.0. The maximum atomic E-state index is 13.2. The summed E-state index contributed by atoms with van der Waals surface area (Å²) in [5.41, 5.74) is 0.324. The van der Waals surface area contributed by atoms with Gasteiger partial charge in [-0.25, -0.2) is 14.4 Å². The predicted octanol–water partition coefficient (Wildman–Crippen LogP) is 3.25. The van der Waals surface area contributed by atoms with Gasteiger partial charge in [-0.1, -0.05) is 13.0 Å². The van der Waals surface area contributed by atoms with Gasteiger partial charge in [-0.3, -0.25) is 4.79 Å². The topological polar surface area (TPSA) is 72.3 Å². The molecule has 3 rings (SSSR count). The standard InChI is InChI=1S/C18H21FN2O3/c1-3-15-16(9-20-11(2)21-15)24-10-18(8-14(18)17(22)23)12-4-6-13(19)7-5-12/h4,6-7,9,12,14H,3,5,8,10H2,1-2H3,(H,22,23)/t12?,14-,18+/m0/s1. The lowest BCUT2D eigenvalue weighted by Crippen LogP contribution is -2.27. The minimum atomic E-state index is -0.821. The van der Waals surface area contributed by atoms with Crippen LogP contribution in [0.25, 0.3) is 0 Å². The Morgan fingerprint density at radius 2 is 2.33 bits per heavy atom. The molecule has 0 spiro atoms. The lowest BCUT2D eigenvalue weighted by atomic mass is 9.82. The number of halogens is 1. The van der Waals surface area contributed by atoms with Gasteiger partial charge in [-0.05, 0) is 44.3 Å². The number of aliphatic carboxylic acids is 1. The van der Waals surface area contributed by atoms with Gasteiger partial charge in [-0.2, -0.15) is 0 Å². The highest BCUT2D eigenvalue weighted by Gasteiger charge is 2.62. The van der Waals surface area contributed by atoms with E-state index in [4.69, 9.17) is 4.74 Å². The number of carbonyl (C=O) groups is 1. The first-order valence-electron chi connectivity index (χ1n) is 8.18. The van der Waals surface area contributed by atoms with E-state index < -0.39 is 17.3 Å². The maximum Gasteiger partial charge on any atom is 0.307 e. The zero-order valence-electron chi connectivity index (χ0n) is 13.8. The second kappa shape index (κ2) is 6.34. The Hall–Kier alpha value is -2.24. The molecule has 0 aliphatic heterocycles. The molecule has 1 fully saturated rings. The van der Waals surface area contributed by atoms with Crippen LogP contribution in [0.4, 0.5) is 4.39 Å². The van der Waals surface area contributed by atoms with Crippen molar-refractivity contribution < 1.29 is 19.0 Å². The van der Waals surface area contributed by atoms with Crippen molar-refractivity contribution in [2.45, 2.75) is 33.1 Å². The molecule has 1 saturated carbocycles. The monoisotopic (exact) mass is 332 g/mol. The molecule has 0 bridgehead atoms. The Morgan fingerprint density at radius 1 is 1.54 bits per heavy atom. The van der Waals surface area contributed by atoms with Crippen LogP contribution in [0.2, 0.25) is 0 Å². The molecule has 5 nitrogen and oxygen atoms in total. The Bertz CT molecular complexity index is 716. The number of allylic oxidation sites excluding steroid dienone is 4. The summed E-state index contributed by atoms with van der Waals surface area (Å²) in [7, 11) is 0. The van der Waals surface area contributed by atoms with Crippen molar-refractivity contribution in [3.8, 4) is 5.75 Å². The molecule has 1 aromatic heterocycles. The third-order valence-corrected chi connectivity index (χ3v) is 4.99. The van der Waals surface area contributed by atoms with Crippen LogP contribution in [0.1, 0.15) is 31.3 Å². The van der Waals surface area contributed by atoms with Gasteiger partial charge in [0.2, 0.25) is 0 Å². The van der Waals surface area contributed by atoms with Crippen LogP contribution in [0.5, 0.6) is 5.75 Å². The van der Waals surface area contributed by atoms with Gasteiger partial charge >= 0.3 is 5.97 Å². The molecular weight excluding hydrogens is 311 g/mol. The fourth-order valence-electron chi connectivity index (χ4n) is 3.44. The third kappa shape index (κ3) is 3.05. The molecule has 3 atom stereocenters. The number of rotatable bonds is 6. The summed E-state index contributed by atoms with van der Waals surface area (Å²) in [6.45, 7) is 4.08. The summed E-state index contributed by atoms with van der Waals surface area (Å²) < 4.78 is 19.2. The number of hydrogen-bond donors (Lipinski definition) is 1. The fourth-order valence-corrected chi connectivity index (χ4v) is 3.44. The summed E-state index contributed by atoms with van der Waals surface area (Å²) in [6.07, 6.45) is 8.10. The zero-order valence-corrected chi connectivity index (χ0v) is 13.8. The van der Waals surface area contributed by atoms with Crippen molar-refractivity contribution in [2.24, 2.45) is 17.3 Å². The number of carboxylic acids is 1.